The van der Waals surface area contributed by atoms with Gasteiger partial charge in [0.05, 0.1) is 11.6 Å². The molecular formula is C19H26FN3O2. The van der Waals surface area contributed by atoms with Crippen molar-refractivity contribution in [3.8, 4) is 0 Å². The molecule has 2 atom stereocenters. The number of carbonyl (C=O) groups is 2. The van der Waals surface area contributed by atoms with E-state index in [-0.39, 0.29) is 30.5 Å². The van der Waals surface area contributed by atoms with Crippen molar-refractivity contribution in [1.29, 1.82) is 0 Å². The summed E-state index contributed by atoms with van der Waals surface area (Å²) in [4.78, 5) is 28.5. The van der Waals surface area contributed by atoms with Gasteiger partial charge < -0.3 is 10.2 Å². The maximum atomic E-state index is 14.1. The highest BCUT2D eigenvalue weighted by Crippen LogP contribution is 2.28. The number of likely N-dealkylation sites (N-methyl/N-ethyl adjacent to an activating group) is 1. The third kappa shape index (κ3) is 3.84. The van der Waals surface area contributed by atoms with E-state index in [0.29, 0.717) is 12.6 Å². The molecule has 136 valence electrons. The number of carbonyl (C=O) groups excluding carboxylic acids is 2. The van der Waals surface area contributed by atoms with Gasteiger partial charge in [0.15, 0.2) is 0 Å². The van der Waals surface area contributed by atoms with Crippen LogP contribution in [0.25, 0.3) is 0 Å². The van der Waals surface area contributed by atoms with Gasteiger partial charge in [-0.05, 0) is 50.6 Å². The molecule has 0 bridgehead atoms. The second kappa shape index (κ2) is 7.52. The number of rotatable bonds is 5. The topological polar surface area (TPSA) is 52.7 Å². The van der Waals surface area contributed by atoms with Crippen molar-refractivity contribution in [3.05, 3.63) is 29.6 Å². The molecule has 1 N–H and O–H groups in total. The minimum absolute atomic E-state index is 0.105. The molecule has 2 amide bonds. The number of amides is 2. The Bertz CT molecular complexity index is 664. The lowest BCUT2D eigenvalue weighted by molar-refractivity contribution is -0.126. The minimum atomic E-state index is -0.418. The minimum Gasteiger partial charge on any atom is -0.354 e. The summed E-state index contributed by atoms with van der Waals surface area (Å²) in [5.41, 5.74) is 1.07. The first kappa shape index (κ1) is 17.9. The molecule has 2 aliphatic heterocycles. The molecule has 0 aromatic heterocycles. The summed E-state index contributed by atoms with van der Waals surface area (Å²) in [6.07, 6.45) is 2.40. The first-order valence-electron chi connectivity index (χ1n) is 9.08. The number of likely N-dealkylation sites (tertiary alicyclic amines) is 1. The van der Waals surface area contributed by atoms with Crippen LogP contribution in [0.1, 0.15) is 31.7 Å². The summed E-state index contributed by atoms with van der Waals surface area (Å²) in [5.74, 6) is -1.13. The predicted molar refractivity (Wildman–Crippen MR) is 94.9 cm³/mol. The Hall–Kier alpha value is -1.95. The number of anilines is 1. The number of benzene rings is 1. The normalized spacial score (nSPS) is 24.1. The van der Waals surface area contributed by atoms with Gasteiger partial charge in [-0.15, -0.1) is 0 Å². The van der Waals surface area contributed by atoms with Crippen molar-refractivity contribution in [2.75, 3.05) is 31.1 Å². The van der Waals surface area contributed by atoms with Gasteiger partial charge in [0.1, 0.15) is 5.82 Å². The maximum absolute atomic E-state index is 14.1. The first-order valence-corrected chi connectivity index (χ1v) is 9.08. The van der Waals surface area contributed by atoms with Crippen LogP contribution in [0.5, 0.6) is 0 Å². The molecule has 1 aromatic rings. The zero-order valence-corrected chi connectivity index (χ0v) is 14.9. The second-order valence-electron chi connectivity index (χ2n) is 7.03. The Morgan fingerprint density at radius 2 is 2.20 bits per heavy atom. The van der Waals surface area contributed by atoms with Gasteiger partial charge in [-0.25, -0.2) is 4.39 Å². The molecule has 6 heteroatoms. The van der Waals surface area contributed by atoms with Crippen LogP contribution in [0.2, 0.25) is 0 Å². The average molecular weight is 347 g/mol. The molecule has 0 spiro atoms. The van der Waals surface area contributed by atoms with Gasteiger partial charge in [-0.1, -0.05) is 13.0 Å². The van der Waals surface area contributed by atoms with E-state index in [1.54, 1.807) is 19.1 Å². The van der Waals surface area contributed by atoms with Gasteiger partial charge in [0.25, 0.3) is 0 Å². The third-order valence-corrected chi connectivity index (χ3v) is 5.31. The van der Waals surface area contributed by atoms with Crippen molar-refractivity contribution in [3.63, 3.8) is 0 Å². The number of nitrogens with one attached hydrogen (secondary N) is 1. The van der Waals surface area contributed by atoms with Gasteiger partial charge in [0, 0.05) is 25.6 Å². The fourth-order valence-electron chi connectivity index (χ4n) is 3.85. The van der Waals surface area contributed by atoms with Crippen LogP contribution in [-0.4, -0.2) is 48.9 Å². The molecule has 1 aromatic carbocycles. The maximum Gasteiger partial charge on any atom is 0.227 e. The lowest BCUT2D eigenvalue weighted by Gasteiger charge is -2.23. The van der Waals surface area contributed by atoms with Gasteiger partial charge in [-0.2, -0.15) is 0 Å². The molecule has 0 saturated carbocycles. The number of halogens is 1. The smallest absolute Gasteiger partial charge is 0.227 e. The second-order valence-corrected chi connectivity index (χ2v) is 7.03. The molecule has 0 radical (unpaired) electrons. The van der Waals surface area contributed by atoms with Crippen molar-refractivity contribution in [2.45, 2.75) is 39.2 Å². The predicted octanol–water partition coefficient (Wildman–Crippen LogP) is 2.09. The fourth-order valence-corrected chi connectivity index (χ4v) is 3.85. The Labute approximate surface area is 148 Å². The van der Waals surface area contributed by atoms with Crippen LogP contribution < -0.4 is 10.2 Å². The highest BCUT2D eigenvalue weighted by Gasteiger charge is 2.36. The quantitative estimate of drug-likeness (QED) is 0.887. The highest BCUT2D eigenvalue weighted by molar-refractivity contribution is 6.00. The zero-order chi connectivity index (χ0) is 18.0. The van der Waals surface area contributed by atoms with Crippen molar-refractivity contribution < 1.29 is 14.0 Å². The standard InChI is InChI=1S/C19H26FN3O2/c1-3-22-8-4-5-15(22)11-21-19(25)14-10-18(24)23(12-14)17-7-6-13(2)9-16(17)20/h6-7,9,14-15H,3-5,8,10-12H2,1-2H3,(H,21,25)/t14-,15-/m0/s1. The van der Waals surface area contributed by atoms with Crippen LogP contribution in [0.4, 0.5) is 10.1 Å². The van der Waals surface area contributed by atoms with Crippen LogP contribution in [-0.2, 0) is 9.59 Å². The Balaban J connectivity index is 1.59. The Morgan fingerprint density at radius 1 is 1.40 bits per heavy atom. The summed E-state index contributed by atoms with van der Waals surface area (Å²) in [6, 6.07) is 5.19. The lowest BCUT2D eigenvalue weighted by atomic mass is 10.1. The summed E-state index contributed by atoms with van der Waals surface area (Å²) >= 11 is 0. The molecule has 2 fully saturated rings. The third-order valence-electron chi connectivity index (χ3n) is 5.31. The monoisotopic (exact) mass is 347 g/mol. The number of nitrogens with zero attached hydrogens (tertiary/aromatic N) is 2. The molecule has 0 unspecified atom stereocenters. The van der Waals surface area contributed by atoms with Crippen LogP contribution >= 0.6 is 0 Å². The average Bonchev–Trinajstić information content (AvgIpc) is 3.19. The van der Waals surface area contributed by atoms with E-state index in [9.17, 15) is 14.0 Å². The van der Waals surface area contributed by atoms with Crippen LogP contribution in [0, 0.1) is 18.7 Å². The molecule has 2 saturated heterocycles. The summed E-state index contributed by atoms with van der Waals surface area (Å²) in [7, 11) is 0. The van der Waals surface area contributed by atoms with E-state index in [2.05, 4.69) is 17.1 Å². The van der Waals surface area contributed by atoms with E-state index >= 15 is 0 Å². The van der Waals surface area contributed by atoms with Crippen LogP contribution in [0.3, 0.4) is 0 Å². The number of aryl methyl sites for hydroxylation is 1. The molecule has 3 rings (SSSR count). The van der Waals surface area contributed by atoms with E-state index in [1.807, 2.05) is 0 Å². The van der Waals surface area contributed by atoms with Crippen molar-refractivity contribution in [2.24, 2.45) is 5.92 Å². The van der Waals surface area contributed by atoms with Gasteiger partial charge in [-0.3, -0.25) is 14.5 Å². The van der Waals surface area contributed by atoms with E-state index < -0.39 is 11.7 Å². The molecule has 2 aliphatic rings. The molecule has 0 aliphatic carbocycles. The molecular weight excluding hydrogens is 321 g/mol. The van der Waals surface area contributed by atoms with Gasteiger partial charge >= 0.3 is 0 Å². The Kier molecular flexibility index (Phi) is 5.37. The van der Waals surface area contributed by atoms with E-state index in [0.717, 1.165) is 31.5 Å². The summed E-state index contributed by atoms with van der Waals surface area (Å²) < 4.78 is 14.1. The van der Waals surface area contributed by atoms with E-state index in [4.69, 9.17) is 0 Å². The number of hydrogen-bond donors (Lipinski definition) is 1. The molecule has 5 nitrogen and oxygen atoms in total. The first-order chi connectivity index (χ1) is 12.0. The SMILES string of the molecule is CCN1CCC[C@H]1CNC(=O)[C@H]1CC(=O)N(c2ccc(C)cc2F)C1. The largest absolute Gasteiger partial charge is 0.354 e. The van der Waals surface area contributed by atoms with Crippen LogP contribution in [0.15, 0.2) is 18.2 Å². The lowest BCUT2D eigenvalue weighted by Crippen LogP contribution is -2.42. The molecule has 2 heterocycles. The number of hydrogen-bond acceptors (Lipinski definition) is 3. The summed E-state index contributed by atoms with van der Waals surface area (Å²) in [6.45, 7) is 6.87. The van der Waals surface area contributed by atoms with E-state index in [1.165, 1.54) is 11.0 Å². The molecule has 25 heavy (non-hydrogen) atoms. The summed E-state index contributed by atoms with van der Waals surface area (Å²) in [5, 5.41) is 2.99. The fraction of sp³-hybridized carbons (Fsp3) is 0.579. The Morgan fingerprint density at radius 3 is 2.92 bits per heavy atom. The highest BCUT2D eigenvalue weighted by atomic mass is 19.1. The van der Waals surface area contributed by atoms with Gasteiger partial charge in [0.2, 0.25) is 11.8 Å². The van der Waals surface area contributed by atoms with Crippen molar-refractivity contribution in [1.82, 2.24) is 10.2 Å². The zero-order valence-electron chi connectivity index (χ0n) is 14.9. The van der Waals surface area contributed by atoms with Crippen molar-refractivity contribution >= 4 is 17.5 Å².